The fourth-order valence-corrected chi connectivity index (χ4v) is 0.550. The molecular weight excluding hydrogens is 176 g/mol. The van der Waals surface area contributed by atoms with Crippen molar-refractivity contribution in [2.75, 3.05) is 7.11 Å². The van der Waals surface area contributed by atoms with Gasteiger partial charge in [0, 0.05) is 23.4 Å². The fourth-order valence-electron chi connectivity index (χ4n) is 0.550. The predicted octanol–water partition coefficient (Wildman–Crippen LogP) is -1.38. The molecular formula is C6H8N4O3. The second-order valence-corrected chi connectivity index (χ2v) is 1.96. The summed E-state index contributed by atoms with van der Waals surface area (Å²) < 4.78 is 26.0. The lowest BCUT2D eigenvalue weighted by atomic mass is 10.6. The molecule has 1 aromatic rings. The molecule has 0 fully saturated rings. The molecule has 0 aliphatic carbocycles. The van der Waals surface area contributed by atoms with Gasteiger partial charge in [-0.3, -0.25) is 0 Å². The Kier molecular flexibility index (Phi) is 1.60. The van der Waals surface area contributed by atoms with Crippen molar-refractivity contribution < 1.29 is 13.6 Å². The quantitative estimate of drug-likeness (QED) is 0.421. The summed E-state index contributed by atoms with van der Waals surface area (Å²) >= 11 is 0. The highest BCUT2D eigenvalue weighted by molar-refractivity contribution is 5.84. The maximum atomic E-state index is 11.4. The van der Waals surface area contributed by atoms with Crippen molar-refractivity contribution in [3.05, 3.63) is 16.6 Å². The van der Waals surface area contributed by atoms with Crippen LogP contribution in [-0.2, 0) is 16.5 Å². The Bertz CT molecular complexity index is 472. The maximum Gasteiger partial charge on any atom is 0.367 e. The Labute approximate surface area is 77.4 Å². The largest absolute Gasteiger partial charge is 0.466 e. The molecule has 0 N–H and O–H groups in total. The Morgan fingerprint density at radius 2 is 2.46 bits per heavy atom. The zero-order valence-corrected chi connectivity index (χ0v) is 6.67. The van der Waals surface area contributed by atoms with Crippen LogP contribution in [0.5, 0.6) is 0 Å². The smallest absolute Gasteiger partial charge is 0.367 e. The predicted molar refractivity (Wildman–Crippen MR) is 42.6 cm³/mol. The van der Waals surface area contributed by atoms with Crippen LogP contribution >= 0.6 is 0 Å². The molecule has 1 rings (SSSR count). The first kappa shape index (κ1) is 5.68. The van der Waals surface area contributed by atoms with Crippen molar-refractivity contribution in [2.45, 2.75) is 0 Å². The van der Waals surface area contributed by atoms with Gasteiger partial charge in [-0.25, -0.2) is 9.59 Å². The van der Waals surface area contributed by atoms with Crippen LogP contribution in [0.25, 0.3) is 6.20 Å². The van der Waals surface area contributed by atoms with Crippen LogP contribution in [0, 0.1) is 0 Å². The monoisotopic (exact) mass is 187 g/mol. The lowest BCUT2D eigenvalue weighted by Crippen LogP contribution is -2.19. The summed E-state index contributed by atoms with van der Waals surface area (Å²) in [5, 5.41) is 6.39. The zero-order chi connectivity index (χ0) is 12.3. The van der Waals surface area contributed by atoms with Crippen LogP contribution < -0.4 is 5.69 Å². The number of aromatic nitrogens is 4. The van der Waals surface area contributed by atoms with E-state index in [1.807, 2.05) is 0 Å². The Balaban J connectivity index is 3.02. The average molecular weight is 187 g/mol. The van der Waals surface area contributed by atoms with E-state index in [1.54, 1.807) is 0 Å². The fraction of sp³-hybridized carbons (Fsp3) is 0.333. The van der Waals surface area contributed by atoms with Gasteiger partial charge in [-0.2, -0.15) is 9.36 Å². The molecule has 0 aliphatic rings. The van der Waals surface area contributed by atoms with Gasteiger partial charge in [0.2, 0.25) is 0 Å². The number of carbonyl (C=O) groups is 1. The first-order valence-corrected chi connectivity index (χ1v) is 3.17. The molecule has 0 aromatic carbocycles. The van der Waals surface area contributed by atoms with Crippen molar-refractivity contribution in [2.24, 2.45) is 6.98 Å². The number of methoxy groups -OCH3 is 1. The number of nitrogens with zero attached hydrogens (tertiary/aromatic N) is 4. The number of ether oxygens (including phenoxy) is 1. The first-order chi connectivity index (χ1) is 7.36. The van der Waals surface area contributed by atoms with Crippen molar-refractivity contribution in [1.29, 1.82) is 0 Å². The molecule has 0 atom stereocenters. The number of esters is 1. The third-order valence-corrected chi connectivity index (χ3v) is 1.16. The first-order valence-electron chi connectivity index (χ1n) is 4.67. The SMILES string of the molecule is [2H]C([2H])([2H])n1nnn(/C=C/C(=O)OC)c1=O. The average Bonchev–Trinajstić information content (AvgIpc) is 2.55. The summed E-state index contributed by atoms with van der Waals surface area (Å²) in [5.41, 5.74) is -0.972. The van der Waals surface area contributed by atoms with Crippen LogP contribution in [0.4, 0.5) is 0 Å². The number of tetrazole rings is 1. The second kappa shape index (κ2) is 3.65. The highest BCUT2D eigenvalue weighted by atomic mass is 16.5. The third kappa shape index (κ3) is 2.01. The molecule has 0 bridgehead atoms. The molecule has 0 amide bonds. The van der Waals surface area contributed by atoms with E-state index in [1.165, 1.54) is 0 Å². The topological polar surface area (TPSA) is 79.0 Å². The van der Waals surface area contributed by atoms with Gasteiger partial charge in [-0.05, 0) is 10.4 Å². The maximum absolute atomic E-state index is 11.4. The summed E-state index contributed by atoms with van der Waals surface area (Å²) in [6.45, 7) is -2.70. The van der Waals surface area contributed by atoms with Crippen LogP contribution in [-0.4, -0.2) is 32.9 Å². The van der Waals surface area contributed by atoms with Crippen molar-refractivity contribution in [3.63, 3.8) is 0 Å². The van der Waals surface area contributed by atoms with Gasteiger partial charge in [-0.1, -0.05) is 0 Å². The molecule has 1 aromatic heterocycles. The molecule has 0 radical (unpaired) electrons. The van der Waals surface area contributed by atoms with Gasteiger partial charge in [0.25, 0.3) is 0 Å². The molecule has 0 spiro atoms. The van der Waals surface area contributed by atoms with E-state index >= 15 is 0 Å². The second-order valence-electron chi connectivity index (χ2n) is 1.96. The summed E-state index contributed by atoms with van der Waals surface area (Å²) in [4.78, 5) is 22.1. The molecule has 70 valence electrons. The number of aryl methyl sites for hydroxylation is 1. The standard InChI is InChI=1S/C6H8N4O3/c1-9-6(12)10(8-7-9)4-3-5(11)13-2/h3-4H,1-2H3/b4-3+/i1D3. The van der Waals surface area contributed by atoms with Crippen LogP contribution in [0.3, 0.4) is 0 Å². The lowest BCUT2D eigenvalue weighted by molar-refractivity contribution is -0.134. The Morgan fingerprint density at radius 3 is 3.00 bits per heavy atom. The van der Waals surface area contributed by atoms with E-state index in [9.17, 15) is 9.59 Å². The van der Waals surface area contributed by atoms with Gasteiger partial charge < -0.3 is 4.74 Å². The molecule has 0 unspecified atom stereocenters. The van der Waals surface area contributed by atoms with Crippen molar-refractivity contribution in [3.8, 4) is 0 Å². The minimum absolute atomic E-state index is 0.231. The van der Waals surface area contributed by atoms with Crippen LogP contribution in [0.15, 0.2) is 10.9 Å². The molecule has 7 heteroatoms. The van der Waals surface area contributed by atoms with Crippen LogP contribution in [0.1, 0.15) is 4.11 Å². The van der Waals surface area contributed by atoms with Gasteiger partial charge in [-0.15, -0.1) is 0 Å². The number of hydrogen-bond donors (Lipinski definition) is 0. The van der Waals surface area contributed by atoms with E-state index in [-0.39, 0.29) is 4.68 Å². The minimum Gasteiger partial charge on any atom is -0.466 e. The van der Waals surface area contributed by atoms with Gasteiger partial charge in [0.15, 0.2) is 0 Å². The summed E-state index contributed by atoms with van der Waals surface area (Å²) in [6, 6.07) is 0. The van der Waals surface area contributed by atoms with Crippen molar-refractivity contribution in [1.82, 2.24) is 19.8 Å². The van der Waals surface area contributed by atoms with Gasteiger partial charge in [0.1, 0.15) is 0 Å². The molecule has 0 saturated carbocycles. The number of hydrogen-bond acceptors (Lipinski definition) is 5. The highest BCUT2D eigenvalue weighted by Crippen LogP contribution is 1.79. The zero-order valence-electron chi connectivity index (χ0n) is 9.67. The van der Waals surface area contributed by atoms with Crippen LogP contribution in [0.2, 0.25) is 0 Å². The number of rotatable bonds is 2. The molecule has 7 nitrogen and oxygen atoms in total. The summed E-state index contributed by atoms with van der Waals surface area (Å²) in [6.07, 6.45) is 1.88. The molecule has 1 heterocycles. The molecule has 13 heavy (non-hydrogen) atoms. The van der Waals surface area contributed by atoms with Gasteiger partial charge in [0.05, 0.1) is 7.11 Å². The van der Waals surface area contributed by atoms with Crippen molar-refractivity contribution >= 4 is 12.2 Å². The van der Waals surface area contributed by atoms with E-state index < -0.39 is 18.6 Å². The van der Waals surface area contributed by atoms with Gasteiger partial charge >= 0.3 is 11.7 Å². The van der Waals surface area contributed by atoms with E-state index in [2.05, 4.69) is 15.2 Å². The molecule has 0 aliphatic heterocycles. The van der Waals surface area contributed by atoms with E-state index in [0.717, 1.165) is 19.4 Å². The lowest BCUT2D eigenvalue weighted by Gasteiger charge is -1.88. The summed E-state index contributed by atoms with van der Waals surface area (Å²) in [7, 11) is 1.16. The Morgan fingerprint density at radius 1 is 1.69 bits per heavy atom. The number of carbonyl (C=O) groups excluding carboxylic acids is 1. The normalized spacial score (nSPS) is 15.0. The Hall–Kier alpha value is -1.92. The highest BCUT2D eigenvalue weighted by Gasteiger charge is 1.99. The van der Waals surface area contributed by atoms with E-state index in [4.69, 9.17) is 4.11 Å². The summed E-state index contributed by atoms with van der Waals surface area (Å²) in [5.74, 6) is -0.699. The van der Waals surface area contributed by atoms with E-state index in [0.29, 0.717) is 4.68 Å². The molecule has 0 saturated heterocycles. The third-order valence-electron chi connectivity index (χ3n) is 1.16. The minimum atomic E-state index is -2.70.